The van der Waals surface area contributed by atoms with E-state index in [0.717, 1.165) is 5.56 Å². The highest BCUT2D eigenvalue weighted by Gasteiger charge is 2.32. The number of amides is 2. The first-order valence-electron chi connectivity index (χ1n) is 8.10. The van der Waals surface area contributed by atoms with Crippen molar-refractivity contribution in [3.05, 3.63) is 45.5 Å². The average Bonchev–Trinajstić information content (AvgIpc) is 3.19. The largest absolute Gasteiger partial charge is 0.306 e. The number of hydrogen-bond donors (Lipinski definition) is 1. The number of rotatable bonds is 6. The number of benzene rings is 1. The normalized spacial score (nSPS) is 15.6. The molecule has 1 aromatic carbocycles. The van der Waals surface area contributed by atoms with Gasteiger partial charge in [-0.15, -0.1) is 0 Å². The van der Waals surface area contributed by atoms with Gasteiger partial charge in [0.25, 0.3) is 5.91 Å². The highest BCUT2D eigenvalue weighted by molar-refractivity contribution is 8.26. The smallest absolute Gasteiger partial charge is 0.266 e. The summed E-state index contributed by atoms with van der Waals surface area (Å²) in [7, 11) is 0. The highest BCUT2D eigenvalue weighted by Crippen LogP contribution is 2.32. The van der Waals surface area contributed by atoms with Gasteiger partial charge >= 0.3 is 0 Å². The van der Waals surface area contributed by atoms with Crippen molar-refractivity contribution in [2.45, 2.75) is 19.8 Å². The fourth-order valence-corrected chi connectivity index (χ4v) is 3.78. The van der Waals surface area contributed by atoms with E-state index in [2.05, 4.69) is 20.3 Å². The van der Waals surface area contributed by atoms with Crippen LogP contribution < -0.4 is 5.32 Å². The first kappa shape index (κ1) is 19.5. The third-order valence-electron chi connectivity index (χ3n) is 3.75. The first-order valence-corrected chi connectivity index (χ1v) is 9.70. The van der Waals surface area contributed by atoms with Crippen LogP contribution >= 0.6 is 35.6 Å². The molecular weight excluding hydrogens is 408 g/mol. The van der Waals surface area contributed by atoms with Gasteiger partial charge in [-0.1, -0.05) is 59.8 Å². The maximum absolute atomic E-state index is 12.6. The minimum atomic E-state index is -0.295. The molecule has 0 atom stereocenters. The summed E-state index contributed by atoms with van der Waals surface area (Å²) >= 11 is 12.4. The molecule has 0 saturated carbocycles. The van der Waals surface area contributed by atoms with E-state index in [1.165, 1.54) is 16.7 Å². The van der Waals surface area contributed by atoms with Gasteiger partial charge in [-0.05, 0) is 35.3 Å². The molecule has 0 radical (unpaired) electrons. The van der Waals surface area contributed by atoms with E-state index in [1.807, 2.05) is 19.1 Å². The van der Waals surface area contributed by atoms with Crippen molar-refractivity contribution in [2.75, 3.05) is 11.9 Å². The SMILES string of the molecule is CCc1nonc1NC(=O)CCN1C(=O)/C(=C/c2ccc(Cl)cc2)SC1=S. The number of anilines is 1. The number of aryl methyl sites for hydroxylation is 1. The average molecular weight is 423 g/mol. The maximum atomic E-state index is 12.6. The van der Waals surface area contributed by atoms with Gasteiger partial charge in [0.05, 0.1) is 4.91 Å². The van der Waals surface area contributed by atoms with Crippen molar-refractivity contribution in [1.29, 1.82) is 0 Å². The summed E-state index contributed by atoms with van der Waals surface area (Å²) < 4.78 is 5.03. The molecule has 1 aliphatic rings. The summed E-state index contributed by atoms with van der Waals surface area (Å²) in [5.74, 6) is -0.211. The predicted octanol–water partition coefficient (Wildman–Crippen LogP) is 3.52. The van der Waals surface area contributed by atoms with E-state index < -0.39 is 0 Å². The summed E-state index contributed by atoms with van der Waals surface area (Å²) in [5, 5.41) is 10.6. The van der Waals surface area contributed by atoms with Crippen molar-refractivity contribution >= 4 is 63.6 Å². The second-order valence-corrected chi connectivity index (χ2v) is 7.71. The fraction of sp³-hybridized carbons (Fsp3) is 0.235. The van der Waals surface area contributed by atoms with E-state index in [-0.39, 0.29) is 24.8 Å². The standard InChI is InChI=1S/C17H15ClN4O3S2/c1-2-12-15(21-25-20-12)19-14(23)7-8-22-16(24)13(27-17(22)26)9-10-3-5-11(18)6-4-10/h3-6,9H,2,7-8H2,1H3,(H,19,21,23)/b13-9-. The van der Waals surface area contributed by atoms with Gasteiger partial charge in [0.1, 0.15) is 10.0 Å². The number of thioether (sulfide) groups is 1. The lowest BCUT2D eigenvalue weighted by Gasteiger charge is -2.13. The third kappa shape index (κ3) is 4.74. The number of carbonyl (C=O) groups excluding carboxylic acids is 2. The molecule has 140 valence electrons. The fourth-order valence-electron chi connectivity index (χ4n) is 2.34. The Kier molecular flexibility index (Phi) is 6.25. The Morgan fingerprint density at radius 2 is 2.11 bits per heavy atom. The molecule has 10 heteroatoms. The minimum Gasteiger partial charge on any atom is -0.306 e. The maximum Gasteiger partial charge on any atom is 0.266 e. The van der Waals surface area contributed by atoms with Crippen molar-refractivity contribution in [3.8, 4) is 0 Å². The van der Waals surface area contributed by atoms with Gasteiger partial charge in [-0.25, -0.2) is 4.63 Å². The Balaban J connectivity index is 1.60. The van der Waals surface area contributed by atoms with Gasteiger partial charge in [-0.3, -0.25) is 14.5 Å². The lowest BCUT2D eigenvalue weighted by Crippen LogP contribution is -2.31. The number of halogens is 1. The molecule has 0 unspecified atom stereocenters. The molecule has 2 heterocycles. The summed E-state index contributed by atoms with van der Waals surface area (Å²) in [6.45, 7) is 2.06. The van der Waals surface area contributed by atoms with Gasteiger partial charge in [0.2, 0.25) is 11.7 Å². The minimum absolute atomic E-state index is 0.0800. The van der Waals surface area contributed by atoms with Crippen LogP contribution in [0.25, 0.3) is 6.08 Å². The van der Waals surface area contributed by atoms with Crippen LogP contribution in [0, 0.1) is 0 Å². The zero-order chi connectivity index (χ0) is 19.4. The lowest BCUT2D eigenvalue weighted by atomic mass is 10.2. The van der Waals surface area contributed by atoms with Crippen LogP contribution in [-0.2, 0) is 16.0 Å². The van der Waals surface area contributed by atoms with Crippen LogP contribution in [0.15, 0.2) is 33.8 Å². The van der Waals surface area contributed by atoms with Gasteiger partial charge in [0, 0.05) is 18.0 Å². The molecule has 1 saturated heterocycles. The number of thiocarbonyl (C=S) groups is 1. The van der Waals surface area contributed by atoms with Crippen LogP contribution in [-0.4, -0.2) is 37.9 Å². The molecule has 27 heavy (non-hydrogen) atoms. The number of hydrogen-bond acceptors (Lipinski definition) is 7. The predicted molar refractivity (Wildman–Crippen MR) is 108 cm³/mol. The summed E-state index contributed by atoms with van der Waals surface area (Å²) in [5.41, 5.74) is 1.42. The Morgan fingerprint density at radius 1 is 1.37 bits per heavy atom. The molecule has 1 N–H and O–H groups in total. The van der Waals surface area contributed by atoms with Crippen LogP contribution in [0.2, 0.25) is 5.02 Å². The Bertz CT molecular complexity index is 911. The van der Waals surface area contributed by atoms with E-state index >= 15 is 0 Å². The zero-order valence-corrected chi connectivity index (χ0v) is 16.7. The molecule has 1 aliphatic heterocycles. The topological polar surface area (TPSA) is 88.3 Å². The van der Waals surface area contributed by atoms with E-state index in [4.69, 9.17) is 23.8 Å². The van der Waals surface area contributed by atoms with Crippen molar-refractivity contribution in [2.24, 2.45) is 0 Å². The molecule has 7 nitrogen and oxygen atoms in total. The van der Waals surface area contributed by atoms with Gasteiger partial charge < -0.3 is 5.32 Å². The Morgan fingerprint density at radius 3 is 2.81 bits per heavy atom. The molecule has 0 bridgehead atoms. The second-order valence-electron chi connectivity index (χ2n) is 5.60. The second kappa shape index (κ2) is 8.64. The van der Waals surface area contributed by atoms with E-state index in [0.29, 0.717) is 32.2 Å². The molecule has 2 aromatic rings. The molecule has 0 aliphatic carbocycles. The highest BCUT2D eigenvalue weighted by atomic mass is 35.5. The molecule has 2 amide bonds. The van der Waals surface area contributed by atoms with E-state index in [9.17, 15) is 9.59 Å². The van der Waals surface area contributed by atoms with Crippen LogP contribution in [0.4, 0.5) is 5.82 Å². The molecular formula is C17H15ClN4O3S2. The molecule has 3 rings (SSSR count). The number of aromatic nitrogens is 2. The van der Waals surface area contributed by atoms with Gasteiger partial charge in [0.15, 0.2) is 0 Å². The molecule has 1 aromatic heterocycles. The van der Waals surface area contributed by atoms with Crippen molar-refractivity contribution in [3.63, 3.8) is 0 Å². The van der Waals surface area contributed by atoms with Crippen molar-refractivity contribution < 1.29 is 14.2 Å². The summed E-state index contributed by atoms with van der Waals surface area (Å²) in [6.07, 6.45) is 2.42. The van der Waals surface area contributed by atoms with Crippen LogP contribution in [0.3, 0.4) is 0 Å². The van der Waals surface area contributed by atoms with Crippen LogP contribution in [0.1, 0.15) is 24.6 Å². The zero-order valence-electron chi connectivity index (χ0n) is 14.3. The quantitative estimate of drug-likeness (QED) is 0.562. The molecule has 1 fully saturated rings. The monoisotopic (exact) mass is 422 g/mol. The number of carbonyl (C=O) groups is 2. The summed E-state index contributed by atoms with van der Waals surface area (Å²) in [6, 6.07) is 7.14. The van der Waals surface area contributed by atoms with E-state index in [1.54, 1.807) is 18.2 Å². The number of nitrogens with one attached hydrogen (secondary N) is 1. The van der Waals surface area contributed by atoms with Crippen molar-refractivity contribution in [1.82, 2.24) is 15.2 Å². The van der Waals surface area contributed by atoms with Crippen LogP contribution in [0.5, 0.6) is 0 Å². The molecule has 0 spiro atoms. The van der Waals surface area contributed by atoms with Gasteiger partial charge in [-0.2, -0.15) is 0 Å². The third-order valence-corrected chi connectivity index (χ3v) is 5.38. The number of nitrogens with zero attached hydrogens (tertiary/aromatic N) is 3. The lowest BCUT2D eigenvalue weighted by molar-refractivity contribution is -0.122. The summed E-state index contributed by atoms with van der Waals surface area (Å²) in [4.78, 5) is 26.6. The Hall–Kier alpha value is -2.23. The first-order chi connectivity index (χ1) is 13.0. The Labute approximate surface area is 170 Å².